The van der Waals surface area contributed by atoms with Gasteiger partial charge in [-0.25, -0.2) is 32.2 Å². The van der Waals surface area contributed by atoms with E-state index in [9.17, 15) is 22.3 Å². The number of pyridine rings is 1. The number of methoxy groups -OCH3 is 1. The first-order valence-electron chi connectivity index (χ1n) is 9.65. The van der Waals surface area contributed by atoms with Crippen molar-refractivity contribution in [3.05, 3.63) is 78.9 Å². The van der Waals surface area contributed by atoms with E-state index in [1.54, 1.807) is 18.2 Å². The van der Waals surface area contributed by atoms with Crippen LogP contribution < -0.4 is 14.8 Å². The molecule has 2 aromatic carbocycles. The molecule has 174 valence electrons. The number of aromatic nitrogens is 3. The molecule has 0 bridgehead atoms. The maximum Gasteiger partial charge on any atom is 0.264 e. The predicted octanol–water partition coefficient (Wildman–Crippen LogP) is 4.08. The van der Waals surface area contributed by atoms with Crippen LogP contribution in [0.4, 0.5) is 26.0 Å². The fourth-order valence-corrected chi connectivity index (χ4v) is 4.17. The Morgan fingerprint density at radius 1 is 0.971 bits per heavy atom. The molecule has 0 aliphatic rings. The van der Waals surface area contributed by atoms with Crippen LogP contribution in [-0.4, -0.2) is 35.6 Å². The van der Waals surface area contributed by atoms with Crippen LogP contribution >= 0.6 is 0 Å². The van der Waals surface area contributed by atoms with Crippen LogP contribution in [0.5, 0.6) is 11.6 Å². The van der Waals surface area contributed by atoms with Gasteiger partial charge in [0.25, 0.3) is 10.0 Å². The van der Waals surface area contributed by atoms with Gasteiger partial charge in [0.05, 0.1) is 12.8 Å². The fourth-order valence-electron chi connectivity index (χ4n) is 3.06. The summed E-state index contributed by atoms with van der Waals surface area (Å²) < 4.78 is 60.1. The molecule has 0 fully saturated rings. The topological polar surface area (TPSA) is 126 Å². The minimum absolute atomic E-state index is 0.0449. The highest BCUT2D eigenvalue weighted by atomic mass is 32.2. The Morgan fingerprint density at radius 3 is 2.47 bits per heavy atom. The number of benzene rings is 2. The predicted molar refractivity (Wildman–Crippen MR) is 120 cm³/mol. The molecule has 0 saturated heterocycles. The number of rotatable bonds is 7. The number of hydrogen-bond donors (Lipinski definition) is 3. The maximum atomic E-state index is 14.1. The van der Waals surface area contributed by atoms with Gasteiger partial charge in [-0.1, -0.05) is 6.07 Å². The fraction of sp³-hybridized carbons (Fsp3) is 0.0455. The van der Waals surface area contributed by atoms with Crippen LogP contribution in [-0.2, 0) is 10.0 Å². The zero-order valence-electron chi connectivity index (χ0n) is 17.5. The van der Waals surface area contributed by atoms with E-state index in [1.807, 2.05) is 0 Å². The monoisotopic (exact) mass is 485 g/mol. The van der Waals surface area contributed by atoms with Gasteiger partial charge < -0.3 is 15.2 Å². The summed E-state index contributed by atoms with van der Waals surface area (Å²) in [6.07, 6.45) is 4.32. The Balaban J connectivity index is 1.70. The molecule has 2 aromatic heterocycles. The summed E-state index contributed by atoms with van der Waals surface area (Å²) in [5.41, 5.74) is 1.30. The van der Waals surface area contributed by atoms with Crippen molar-refractivity contribution in [3.8, 4) is 22.8 Å². The summed E-state index contributed by atoms with van der Waals surface area (Å²) >= 11 is 0. The van der Waals surface area contributed by atoms with Crippen molar-refractivity contribution in [2.45, 2.75) is 4.90 Å². The van der Waals surface area contributed by atoms with Crippen molar-refractivity contribution in [3.63, 3.8) is 0 Å². The third-order valence-electron chi connectivity index (χ3n) is 4.65. The number of halogens is 2. The second-order valence-corrected chi connectivity index (χ2v) is 8.56. The lowest BCUT2D eigenvalue weighted by atomic mass is 10.1. The molecule has 4 aromatic rings. The van der Waals surface area contributed by atoms with E-state index in [0.717, 1.165) is 12.1 Å². The van der Waals surface area contributed by atoms with Crippen LogP contribution in [0.15, 0.2) is 72.1 Å². The van der Waals surface area contributed by atoms with Crippen molar-refractivity contribution >= 4 is 27.2 Å². The number of phenolic OH excluding ortho intramolecular Hbond substituents is 1. The van der Waals surface area contributed by atoms with E-state index < -0.39 is 26.6 Å². The first-order valence-corrected chi connectivity index (χ1v) is 11.1. The average molecular weight is 485 g/mol. The minimum Gasteiger partial charge on any atom is -0.506 e. The number of nitrogens with one attached hydrogen (secondary N) is 2. The van der Waals surface area contributed by atoms with Gasteiger partial charge in [-0.2, -0.15) is 0 Å². The standard InChI is InChI=1S/C22H17F2N5O4S/c1-33-22-18(29-34(31,32)20-5-3-15(23)10-16(20)24)9-14(11-26-22)13-2-4-19(30)17(8-13)28-21-6-7-25-12-27-21/h2-12,29-30H,1H3,(H,25,27,28). The molecule has 0 aliphatic carbocycles. The molecule has 3 N–H and O–H groups in total. The molecular weight excluding hydrogens is 468 g/mol. The third-order valence-corrected chi connectivity index (χ3v) is 6.05. The Kier molecular flexibility index (Phi) is 6.23. The first kappa shape index (κ1) is 22.9. The average Bonchev–Trinajstić information content (AvgIpc) is 2.80. The van der Waals surface area contributed by atoms with Gasteiger partial charge >= 0.3 is 0 Å². The van der Waals surface area contributed by atoms with Crippen molar-refractivity contribution < 1.29 is 27.0 Å². The highest BCUT2D eigenvalue weighted by Gasteiger charge is 2.22. The number of hydrogen-bond acceptors (Lipinski definition) is 8. The zero-order chi connectivity index (χ0) is 24.3. The van der Waals surface area contributed by atoms with E-state index in [0.29, 0.717) is 28.7 Å². The van der Waals surface area contributed by atoms with E-state index in [-0.39, 0.29) is 17.3 Å². The number of anilines is 3. The van der Waals surface area contributed by atoms with Gasteiger partial charge in [-0.15, -0.1) is 0 Å². The zero-order valence-corrected chi connectivity index (χ0v) is 18.3. The van der Waals surface area contributed by atoms with E-state index in [1.165, 1.54) is 38.0 Å². The first-order chi connectivity index (χ1) is 16.3. The molecule has 0 aliphatic heterocycles. The molecule has 0 saturated carbocycles. The summed E-state index contributed by atoms with van der Waals surface area (Å²) in [7, 11) is -3.13. The van der Waals surface area contributed by atoms with Crippen molar-refractivity contribution in [2.75, 3.05) is 17.1 Å². The Labute approximate surface area is 193 Å². The van der Waals surface area contributed by atoms with Gasteiger partial charge in [-0.3, -0.25) is 4.72 Å². The van der Waals surface area contributed by atoms with Gasteiger partial charge in [0.2, 0.25) is 5.88 Å². The second kappa shape index (κ2) is 9.27. The van der Waals surface area contributed by atoms with E-state index >= 15 is 0 Å². The molecule has 9 nitrogen and oxygen atoms in total. The summed E-state index contributed by atoms with van der Waals surface area (Å²) in [5.74, 6) is -1.81. The summed E-state index contributed by atoms with van der Waals surface area (Å²) in [6, 6.07) is 9.84. The van der Waals surface area contributed by atoms with E-state index in [4.69, 9.17) is 4.74 Å². The van der Waals surface area contributed by atoms with E-state index in [2.05, 4.69) is 25.0 Å². The summed E-state index contributed by atoms with van der Waals surface area (Å²) in [6.45, 7) is 0. The number of ether oxygens (including phenoxy) is 1. The van der Waals surface area contributed by atoms with Gasteiger partial charge in [-0.05, 0) is 42.0 Å². The number of phenols is 1. The van der Waals surface area contributed by atoms with Crippen LogP contribution in [0, 0.1) is 11.6 Å². The molecule has 12 heteroatoms. The molecular formula is C22H17F2N5O4S. The van der Waals surface area contributed by atoms with Crippen LogP contribution in [0.2, 0.25) is 0 Å². The number of sulfonamides is 1. The number of aromatic hydroxyl groups is 1. The van der Waals surface area contributed by atoms with Crippen molar-refractivity contribution in [1.29, 1.82) is 0 Å². The lowest BCUT2D eigenvalue weighted by Gasteiger charge is -2.14. The van der Waals surface area contributed by atoms with Gasteiger partial charge in [0.1, 0.15) is 40.1 Å². The Bertz CT molecular complexity index is 1450. The largest absolute Gasteiger partial charge is 0.506 e. The van der Waals surface area contributed by atoms with Gasteiger partial charge in [0, 0.05) is 24.0 Å². The smallest absolute Gasteiger partial charge is 0.264 e. The second-order valence-electron chi connectivity index (χ2n) is 6.91. The molecule has 0 radical (unpaired) electrons. The minimum atomic E-state index is -4.43. The Morgan fingerprint density at radius 2 is 1.76 bits per heavy atom. The van der Waals surface area contributed by atoms with Gasteiger partial charge in [0.15, 0.2) is 0 Å². The lowest BCUT2D eigenvalue weighted by Crippen LogP contribution is -2.15. The molecule has 0 spiro atoms. The van der Waals surface area contributed by atoms with Crippen LogP contribution in [0.1, 0.15) is 0 Å². The third kappa shape index (κ3) is 4.86. The molecule has 2 heterocycles. The summed E-state index contributed by atoms with van der Waals surface area (Å²) in [5, 5.41) is 13.2. The highest BCUT2D eigenvalue weighted by Crippen LogP contribution is 2.34. The number of nitrogens with zero attached hydrogens (tertiary/aromatic N) is 3. The normalized spacial score (nSPS) is 11.1. The molecule has 0 amide bonds. The molecule has 0 unspecified atom stereocenters. The summed E-state index contributed by atoms with van der Waals surface area (Å²) in [4.78, 5) is 11.3. The highest BCUT2D eigenvalue weighted by molar-refractivity contribution is 7.92. The molecule has 0 atom stereocenters. The van der Waals surface area contributed by atoms with Crippen molar-refractivity contribution in [1.82, 2.24) is 15.0 Å². The SMILES string of the molecule is COc1ncc(-c2ccc(O)c(Nc3ccncn3)c2)cc1NS(=O)(=O)c1ccc(F)cc1F. The van der Waals surface area contributed by atoms with Crippen LogP contribution in [0.3, 0.4) is 0 Å². The lowest BCUT2D eigenvalue weighted by molar-refractivity contribution is 0.400. The Hall–Kier alpha value is -4.32. The molecule has 34 heavy (non-hydrogen) atoms. The maximum absolute atomic E-state index is 14.1. The quantitative estimate of drug-likeness (QED) is 0.335. The van der Waals surface area contributed by atoms with Crippen LogP contribution in [0.25, 0.3) is 11.1 Å². The van der Waals surface area contributed by atoms with Crippen molar-refractivity contribution in [2.24, 2.45) is 0 Å². The molecule has 4 rings (SSSR count).